The fourth-order valence-electron chi connectivity index (χ4n) is 3.74. The van der Waals surface area contributed by atoms with Gasteiger partial charge in [0.15, 0.2) is 11.5 Å². The van der Waals surface area contributed by atoms with Crippen LogP contribution in [-0.2, 0) is 26.2 Å². The highest BCUT2D eigenvalue weighted by Crippen LogP contribution is 2.36. The van der Waals surface area contributed by atoms with E-state index in [1.54, 1.807) is 50.4 Å². The van der Waals surface area contributed by atoms with E-state index in [0.29, 0.717) is 17.2 Å². The monoisotopic (exact) mass is 533 g/mol. The van der Waals surface area contributed by atoms with E-state index in [-0.39, 0.29) is 36.7 Å². The number of nitrogens with zero attached hydrogens (tertiary/aromatic N) is 2. The molecule has 1 heterocycles. The van der Waals surface area contributed by atoms with Gasteiger partial charge in [0.2, 0.25) is 28.6 Å². The van der Waals surface area contributed by atoms with E-state index in [2.05, 4.69) is 5.32 Å². The molecule has 2 amide bonds. The first-order valence-corrected chi connectivity index (χ1v) is 13.8. The lowest BCUT2D eigenvalue weighted by atomic mass is 10.1. The molecule has 2 aromatic rings. The Morgan fingerprint density at radius 3 is 2.35 bits per heavy atom. The van der Waals surface area contributed by atoms with Gasteiger partial charge in [-0.2, -0.15) is 0 Å². The fraction of sp³-hybridized carbons (Fsp3) is 0.462. The molecule has 0 fully saturated rings. The number of sulfonamides is 1. The molecule has 0 aromatic heterocycles. The van der Waals surface area contributed by atoms with Crippen LogP contribution >= 0.6 is 0 Å². The van der Waals surface area contributed by atoms with Crippen molar-refractivity contribution in [1.82, 2.24) is 10.2 Å². The number of carbonyl (C=O) groups excluding carboxylic acids is 2. The quantitative estimate of drug-likeness (QED) is 0.446. The molecule has 10 nitrogen and oxygen atoms in total. The van der Waals surface area contributed by atoms with Gasteiger partial charge in [0.25, 0.3) is 0 Å². The first-order valence-electron chi connectivity index (χ1n) is 12.2. The van der Waals surface area contributed by atoms with E-state index in [9.17, 15) is 18.0 Å². The van der Waals surface area contributed by atoms with Crippen molar-refractivity contribution < 1.29 is 32.2 Å². The molecular weight excluding hydrogens is 498 g/mol. The van der Waals surface area contributed by atoms with Crippen molar-refractivity contribution >= 4 is 27.5 Å². The van der Waals surface area contributed by atoms with Crippen LogP contribution in [0.25, 0.3) is 0 Å². The summed E-state index contributed by atoms with van der Waals surface area (Å²) in [5.41, 5.74) is 1.05. The number of ether oxygens (including phenoxy) is 3. The molecule has 3 rings (SSSR count). The maximum Gasteiger partial charge on any atom is 0.244 e. The topological polar surface area (TPSA) is 114 Å². The van der Waals surface area contributed by atoms with Crippen LogP contribution in [0.1, 0.15) is 39.7 Å². The van der Waals surface area contributed by atoms with E-state index >= 15 is 0 Å². The smallest absolute Gasteiger partial charge is 0.244 e. The molecule has 2 aromatic carbocycles. The van der Waals surface area contributed by atoms with Gasteiger partial charge >= 0.3 is 0 Å². The van der Waals surface area contributed by atoms with Crippen LogP contribution in [0.4, 0.5) is 5.69 Å². The van der Waals surface area contributed by atoms with Crippen LogP contribution in [0.3, 0.4) is 0 Å². The Labute approximate surface area is 218 Å². The molecule has 2 unspecified atom stereocenters. The average molecular weight is 534 g/mol. The van der Waals surface area contributed by atoms with E-state index in [4.69, 9.17) is 14.2 Å². The lowest BCUT2D eigenvalue weighted by molar-refractivity contribution is -0.139. The Hall–Kier alpha value is -3.47. The second kappa shape index (κ2) is 12.2. The number of hydrogen-bond acceptors (Lipinski definition) is 7. The molecule has 37 heavy (non-hydrogen) atoms. The fourth-order valence-corrected chi connectivity index (χ4v) is 4.79. The molecule has 11 heteroatoms. The van der Waals surface area contributed by atoms with Crippen molar-refractivity contribution in [3.05, 3.63) is 48.0 Å². The highest BCUT2D eigenvalue weighted by Gasteiger charge is 2.32. The molecule has 2 atom stereocenters. The van der Waals surface area contributed by atoms with Crippen molar-refractivity contribution in [2.75, 3.05) is 30.5 Å². The zero-order valence-corrected chi connectivity index (χ0v) is 22.7. The van der Waals surface area contributed by atoms with Crippen molar-refractivity contribution in [3.63, 3.8) is 0 Å². The lowest BCUT2D eigenvalue weighted by Gasteiger charge is -2.32. The van der Waals surface area contributed by atoms with E-state index in [0.717, 1.165) is 16.3 Å². The third kappa shape index (κ3) is 6.85. The lowest BCUT2D eigenvalue weighted by Crippen LogP contribution is -2.52. The molecular formula is C26H35N3O7S. The SMILES string of the molecule is CCC(C)NC(=O)C(C)N(Cc1ccc(OC)cc1)C(=O)CN(c1ccc2c(c1)OCO2)S(=O)(=O)CC. The summed E-state index contributed by atoms with van der Waals surface area (Å²) in [5, 5.41) is 2.91. The van der Waals surface area contributed by atoms with Crippen molar-refractivity contribution in [3.8, 4) is 17.2 Å². The van der Waals surface area contributed by atoms with Crippen molar-refractivity contribution in [2.24, 2.45) is 0 Å². The van der Waals surface area contributed by atoms with Crippen molar-refractivity contribution in [1.29, 1.82) is 0 Å². The summed E-state index contributed by atoms with van der Waals surface area (Å²) in [6.45, 7) is 6.66. The molecule has 1 N–H and O–H groups in total. The van der Waals surface area contributed by atoms with Gasteiger partial charge in [-0.05, 0) is 57.0 Å². The van der Waals surface area contributed by atoms with Gasteiger partial charge in [0.1, 0.15) is 18.3 Å². The normalized spacial score (nSPS) is 14.0. The average Bonchev–Trinajstić information content (AvgIpc) is 3.37. The van der Waals surface area contributed by atoms with Crippen LogP contribution in [0.5, 0.6) is 17.2 Å². The maximum absolute atomic E-state index is 13.7. The summed E-state index contributed by atoms with van der Waals surface area (Å²) < 4.78 is 43.1. The van der Waals surface area contributed by atoms with Gasteiger partial charge < -0.3 is 24.4 Å². The van der Waals surface area contributed by atoms with Crippen LogP contribution in [0, 0.1) is 0 Å². The predicted molar refractivity (Wildman–Crippen MR) is 140 cm³/mol. The van der Waals surface area contributed by atoms with Gasteiger partial charge in [-0.25, -0.2) is 8.42 Å². The number of anilines is 1. The second-order valence-electron chi connectivity index (χ2n) is 8.81. The third-order valence-electron chi connectivity index (χ3n) is 6.30. The Morgan fingerprint density at radius 2 is 1.73 bits per heavy atom. The molecule has 1 aliphatic rings. The summed E-state index contributed by atoms with van der Waals surface area (Å²) in [4.78, 5) is 28.1. The number of nitrogens with one attached hydrogen (secondary N) is 1. The highest BCUT2D eigenvalue weighted by atomic mass is 32.2. The van der Waals surface area contributed by atoms with Crippen LogP contribution in [0.2, 0.25) is 0 Å². The molecule has 0 radical (unpaired) electrons. The number of amides is 2. The number of hydrogen-bond donors (Lipinski definition) is 1. The third-order valence-corrected chi connectivity index (χ3v) is 8.04. The first-order chi connectivity index (χ1) is 17.6. The number of rotatable bonds is 12. The minimum atomic E-state index is -3.84. The Balaban J connectivity index is 1.93. The predicted octanol–water partition coefficient (Wildman–Crippen LogP) is 2.91. The maximum atomic E-state index is 13.7. The minimum Gasteiger partial charge on any atom is -0.497 e. The van der Waals surface area contributed by atoms with Crippen LogP contribution in [0.15, 0.2) is 42.5 Å². The van der Waals surface area contributed by atoms with E-state index < -0.39 is 28.5 Å². The molecule has 1 aliphatic heterocycles. The zero-order valence-electron chi connectivity index (χ0n) is 21.9. The zero-order chi connectivity index (χ0) is 27.2. The Bertz CT molecular complexity index is 1200. The van der Waals surface area contributed by atoms with Crippen LogP contribution in [-0.4, -0.2) is 63.4 Å². The van der Waals surface area contributed by atoms with Gasteiger partial charge in [-0.1, -0.05) is 19.1 Å². The Kier molecular flexibility index (Phi) is 9.25. The molecule has 0 saturated carbocycles. The molecule has 0 aliphatic carbocycles. The summed E-state index contributed by atoms with van der Waals surface area (Å²) in [6, 6.07) is 10.9. The molecule has 0 saturated heterocycles. The Morgan fingerprint density at radius 1 is 1.05 bits per heavy atom. The molecule has 202 valence electrons. The standard InChI is InChI=1S/C26H35N3O7S/c1-6-18(3)27-26(31)19(4)28(15-20-8-11-22(34-5)12-9-20)25(30)16-29(37(32,33)7-2)21-10-13-23-24(14-21)36-17-35-23/h8-14,18-19H,6-7,15-17H2,1-5H3,(H,27,31). The second-order valence-corrected chi connectivity index (χ2v) is 11.0. The van der Waals surface area contributed by atoms with Gasteiger partial charge in [0, 0.05) is 18.7 Å². The minimum absolute atomic E-state index is 0.0384. The number of benzene rings is 2. The number of fused-ring (bicyclic) bond motifs is 1. The number of carbonyl (C=O) groups is 2. The van der Waals surface area contributed by atoms with Gasteiger partial charge in [0.05, 0.1) is 18.6 Å². The van der Waals surface area contributed by atoms with Crippen LogP contribution < -0.4 is 23.8 Å². The van der Waals surface area contributed by atoms with Gasteiger partial charge in [-0.15, -0.1) is 0 Å². The van der Waals surface area contributed by atoms with Crippen molar-refractivity contribution in [2.45, 2.75) is 52.7 Å². The molecule has 0 bridgehead atoms. The largest absolute Gasteiger partial charge is 0.497 e. The number of methoxy groups -OCH3 is 1. The van der Waals surface area contributed by atoms with E-state index in [1.807, 2.05) is 13.8 Å². The summed E-state index contributed by atoms with van der Waals surface area (Å²) in [7, 11) is -2.28. The molecule has 0 spiro atoms. The summed E-state index contributed by atoms with van der Waals surface area (Å²) >= 11 is 0. The van der Waals surface area contributed by atoms with E-state index in [1.165, 1.54) is 17.9 Å². The summed E-state index contributed by atoms with van der Waals surface area (Å²) in [6.07, 6.45) is 0.734. The first kappa shape index (κ1) is 28.1. The summed E-state index contributed by atoms with van der Waals surface area (Å²) in [5.74, 6) is 0.517. The van der Waals surface area contributed by atoms with Gasteiger partial charge in [-0.3, -0.25) is 13.9 Å². The highest BCUT2D eigenvalue weighted by molar-refractivity contribution is 7.92.